The van der Waals surface area contributed by atoms with E-state index in [0.29, 0.717) is 35.5 Å². The van der Waals surface area contributed by atoms with E-state index in [-0.39, 0.29) is 7.43 Å². The molecule has 0 unspecified atom stereocenters. The number of aromatic nitrogens is 2. The molecule has 4 aliphatic rings. The van der Waals surface area contributed by atoms with Gasteiger partial charge in [-0.2, -0.15) is 0 Å². The van der Waals surface area contributed by atoms with Crippen molar-refractivity contribution >= 4 is 0 Å². The summed E-state index contributed by atoms with van der Waals surface area (Å²) in [6.45, 7) is 53.7. The van der Waals surface area contributed by atoms with E-state index < -0.39 is 0 Å². The van der Waals surface area contributed by atoms with Crippen LogP contribution >= 0.6 is 0 Å². The highest BCUT2D eigenvalue weighted by atomic mass is 16.5. The number of hydrogen-bond donors (Lipinski definition) is 0. The predicted molar refractivity (Wildman–Crippen MR) is 308 cm³/mol. The summed E-state index contributed by atoms with van der Waals surface area (Å²) < 4.78 is 15.9. The molecule has 3 aliphatic carbocycles. The Morgan fingerprint density at radius 1 is 0.386 bits per heavy atom. The lowest BCUT2D eigenvalue weighted by molar-refractivity contribution is 0.283. The van der Waals surface area contributed by atoms with Crippen molar-refractivity contribution in [3.8, 4) is 0 Å². The lowest BCUT2D eigenvalue weighted by Gasteiger charge is -2.25. The Kier molecular flexibility index (Phi) is 32.5. The molecule has 0 aromatic carbocycles. The second-order valence-electron chi connectivity index (χ2n) is 23.8. The Morgan fingerprint density at radius 3 is 1.07 bits per heavy atom. The summed E-state index contributed by atoms with van der Waals surface area (Å²) in [6.07, 6.45) is 23.4. The lowest BCUT2D eigenvalue weighted by atomic mass is 9.81. The van der Waals surface area contributed by atoms with Crippen molar-refractivity contribution in [1.82, 2.24) is 10.4 Å². The van der Waals surface area contributed by atoms with Crippen LogP contribution in [0.15, 0.2) is 90.5 Å². The van der Waals surface area contributed by atoms with Gasteiger partial charge >= 0.3 is 0 Å². The van der Waals surface area contributed by atoms with Gasteiger partial charge in [-0.3, -0.25) is 0 Å². The first-order valence-corrected chi connectivity index (χ1v) is 28.0. The number of ether oxygens (including phenoxy) is 1. The van der Waals surface area contributed by atoms with E-state index in [4.69, 9.17) is 13.7 Å². The van der Waals surface area contributed by atoms with Gasteiger partial charge in [0.2, 0.25) is 0 Å². The van der Waals surface area contributed by atoms with Crippen molar-refractivity contribution < 1.29 is 13.7 Å². The first-order valence-electron chi connectivity index (χ1n) is 28.0. The molecule has 6 rings (SSSR count). The van der Waals surface area contributed by atoms with Crippen LogP contribution < -0.4 is 0 Å². The molecule has 0 radical (unpaired) electrons. The molecule has 0 spiro atoms. The molecule has 5 nitrogen and oxygen atoms in total. The topological polar surface area (TPSA) is 61.3 Å². The monoisotopic (exact) mass is 971 g/mol. The van der Waals surface area contributed by atoms with Gasteiger partial charge < -0.3 is 13.7 Å². The van der Waals surface area contributed by atoms with Crippen LogP contribution in [0.2, 0.25) is 0 Å². The Balaban J connectivity index is 0.000000814. The standard InChI is InChI=1S/C12H22.C12H20.C11H18O.C11H20.C10H16O.C8H14N2O.CH4/c2*1-9(2)11-7-5-6-8-12(11)10(3)4;1-8(2)10-6-5-7-12-11(10)9(3)4;1-8(2)10-6-5-7-11(10)9(3)4;1-7(2)9-5-6-11-10(9)8(3)4;1-5(2)7-8(6(3)4)11-10-9-7;/h9-10H,5-8H2,1-4H3;5-6,9-10H,7-8H2,1-4H3;5,7-9H,6H2,1-4H3;8-9H,5-7H2,1-4H3;5-8H,1-4H3;5-6H,1-4H3;1H4. The van der Waals surface area contributed by atoms with Crippen LogP contribution in [0.25, 0.3) is 0 Å². The second kappa shape index (κ2) is 34.1. The quantitative estimate of drug-likeness (QED) is 0.198. The molecule has 5 heteroatoms. The third-order valence-corrected chi connectivity index (χ3v) is 13.9. The Morgan fingerprint density at radius 2 is 0.771 bits per heavy atom. The van der Waals surface area contributed by atoms with Crippen molar-refractivity contribution in [2.75, 3.05) is 0 Å². The molecule has 70 heavy (non-hydrogen) atoms. The molecule has 0 amide bonds. The summed E-state index contributed by atoms with van der Waals surface area (Å²) in [7, 11) is 0. The van der Waals surface area contributed by atoms with Gasteiger partial charge in [-0.25, -0.2) is 0 Å². The van der Waals surface area contributed by atoms with Crippen molar-refractivity contribution in [3.63, 3.8) is 0 Å². The Hall–Kier alpha value is -3.34. The molecular formula is C65H114N2O3. The summed E-state index contributed by atoms with van der Waals surface area (Å²) in [5.74, 6) is 10.8. The van der Waals surface area contributed by atoms with E-state index in [9.17, 15) is 0 Å². The molecular weight excluding hydrogens is 857 g/mol. The fraction of sp³-hybridized carbons (Fsp3) is 0.723. The van der Waals surface area contributed by atoms with E-state index in [2.05, 4.69) is 201 Å². The van der Waals surface area contributed by atoms with Crippen molar-refractivity contribution in [2.45, 2.75) is 261 Å². The minimum atomic E-state index is 0. The minimum Gasteiger partial charge on any atom is -0.469 e. The Bertz CT molecular complexity index is 1670. The average molecular weight is 972 g/mol. The first-order chi connectivity index (χ1) is 32.3. The summed E-state index contributed by atoms with van der Waals surface area (Å²) in [4.78, 5) is 0. The van der Waals surface area contributed by atoms with Crippen LogP contribution in [0.3, 0.4) is 0 Å². The van der Waals surface area contributed by atoms with Crippen LogP contribution in [-0.2, 0) is 4.74 Å². The van der Waals surface area contributed by atoms with Gasteiger partial charge in [0.15, 0.2) is 5.76 Å². The average Bonchev–Trinajstić information content (AvgIpc) is 4.10. The zero-order valence-corrected chi connectivity index (χ0v) is 49.6. The van der Waals surface area contributed by atoms with Crippen molar-refractivity contribution in [1.29, 1.82) is 0 Å². The summed E-state index contributed by atoms with van der Waals surface area (Å²) in [5, 5.41) is 7.46. The predicted octanol–water partition coefficient (Wildman–Crippen LogP) is 21.9. The summed E-state index contributed by atoms with van der Waals surface area (Å²) in [5.41, 5.74) is 14.2. The maximum Gasteiger partial charge on any atom is 0.163 e. The number of hydrogen-bond acceptors (Lipinski definition) is 5. The first kappa shape index (κ1) is 66.7. The summed E-state index contributed by atoms with van der Waals surface area (Å²) in [6, 6.07) is 2.07. The van der Waals surface area contributed by atoms with Crippen LogP contribution in [0.5, 0.6) is 0 Å². The summed E-state index contributed by atoms with van der Waals surface area (Å²) >= 11 is 0. The van der Waals surface area contributed by atoms with Crippen LogP contribution in [0.1, 0.15) is 284 Å². The third kappa shape index (κ3) is 22.6. The minimum absolute atomic E-state index is 0. The molecule has 0 N–H and O–H groups in total. The maximum atomic E-state index is 5.51. The smallest absolute Gasteiger partial charge is 0.163 e. The highest BCUT2D eigenvalue weighted by molar-refractivity contribution is 5.27. The van der Waals surface area contributed by atoms with E-state index in [1.165, 1.54) is 74.7 Å². The van der Waals surface area contributed by atoms with Gasteiger partial charge in [0.25, 0.3) is 0 Å². The molecule has 1 aliphatic heterocycles. The molecule has 3 heterocycles. The number of rotatable bonds is 12. The normalized spacial score (nSPS) is 16.1. The van der Waals surface area contributed by atoms with E-state index in [1.807, 2.05) is 0 Å². The molecule has 2 aromatic heterocycles. The maximum absolute atomic E-state index is 5.51. The van der Waals surface area contributed by atoms with E-state index >= 15 is 0 Å². The fourth-order valence-corrected chi connectivity index (χ4v) is 10.1. The van der Waals surface area contributed by atoms with Gasteiger partial charge in [0.1, 0.15) is 17.2 Å². The van der Waals surface area contributed by atoms with Gasteiger partial charge in [0.05, 0.1) is 12.5 Å². The third-order valence-electron chi connectivity index (χ3n) is 13.9. The molecule has 0 bridgehead atoms. The highest BCUT2D eigenvalue weighted by Gasteiger charge is 2.21. The van der Waals surface area contributed by atoms with E-state index in [0.717, 1.165) is 59.1 Å². The molecule has 0 saturated heterocycles. The zero-order valence-electron chi connectivity index (χ0n) is 49.6. The SMILES string of the molecule is C.CC(C)C1=C(C(C)C)CC=CC1.CC(C)C1=C(C(C)C)CCC1.CC(C)C1=C(C(C)C)CCCC1.CC(C)C1=C(C(C)C)OC=CC1.CC(C)c1ccoc1C(C)C.CC(C)c1nnoc1C(C)C. The fourth-order valence-electron chi connectivity index (χ4n) is 10.1. The van der Waals surface area contributed by atoms with Crippen LogP contribution in [-0.4, -0.2) is 10.4 Å². The molecule has 0 saturated carbocycles. The van der Waals surface area contributed by atoms with Crippen LogP contribution in [0.4, 0.5) is 0 Å². The molecule has 2 aromatic rings. The largest absolute Gasteiger partial charge is 0.469 e. The Labute approximate surface area is 435 Å². The van der Waals surface area contributed by atoms with E-state index in [1.54, 1.807) is 46.0 Å². The molecule has 402 valence electrons. The highest BCUT2D eigenvalue weighted by Crippen LogP contribution is 2.36. The van der Waals surface area contributed by atoms with Gasteiger partial charge in [-0.1, -0.05) is 219 Å². The lowest BCUT2D eigenvalue weighted by Crippen LogP contribution is -2.09. The van der Waals surface area contributed by atoms with Crippen molar-refractivity contribution in [3.05, 3.63) is 104 Å². The number of furan rings is 1. The van der Waals surface area contributed by atoms with Gasteiger partial charge in [-0.05, 0) is 135 Å². The van der Waals surface area contributed by atoms with Crippen LogP contribution in [0, 0.1) is 47.3 Å². The molecule has 0 atom stereocenters. The van der Waals surface area contributed by atoms with Gasteiger partial charge in [0, 0.05) is 28.9 Å². The van der Waals surface area contributed by atoms with Crippen molar-refractivity contribution in [2.24, 2.45) is 47.3 Å². The number of allylic oxidation sites excluding steroid dienone is 11. The van der Waals surface area contributed by atoms with Gasteiger partial charge in [-0.15, -0.1) is 5.10 Å². The zero-order chi connectivity index (χ0) is 52.7. The number of nitrogens with zero attached hydrogens (tertiary/aromatic N) is 2. The second-order valence-corrected chi connectivity index (χ2v) is 23.8. The molecule has 0 fully saturated rings.